The highest BCUT2D eigenvalue weighted by molar-refractivity contribution is 6.37. The topological polar surface area (TPSA) is 65.7 Å². The van der Waals surface area contributed by atoms with Crippen LogP contribution in [-0.2, 0) is 11.3 Å². The summed E-state index contributed by atoms with van der Waals surface area (Å²) in [7, 11) is 0. The Morgan fingerprint density at radius 3 is 2.48 bits per heavy atom. The zero-order valence-electron chi connectivity index (χ0n) is 12.5. The van der Waals surface area contributed by atoms with Crippen molar-refractivity contribution in [3.05, 3.63) is 51.4 Å². The fourth-order valence-corrected chi connectivity index (χ4v) is 2.38. The number of benzene rings is 1. The van der Waals surface area contributed by atoms with Crippen molar-refractivity contribution >= 4 is 35.5 Å². The third-order valence-electron chi connectivity index (χ3n) is 2.72. The summed E-state index contributed by atoms with van der Waals surface area (Å²) in [5.41, 5.74) is 0.351. The molecule has 1 aromatic carbocycles. The summed E-state index contributed by atoms with van der Waals surface area (Å²) < 4.78 is 15.9. The lowest BCUT2D eigenvalue weighted by atomic mass is 10.2. The van der Waals surface area contributed by atoms with Gasteiger partial charge in [0.2, 0.25) is 5.76 Å². The number of hydrogen-bond acceptors (Lipinski definition) is 5. The van der Waals surface area contributed by atoms with Crippen molar-refractivity contribution in [1.82, 2.24) is 0 Å². The predicted molar refractivity (Wildman–Crippen MR) is 85.4 cm³/mol. The molecule has 0 spiro atoms. The van der Waals surface area contributed by atoms with Crippen LogP contribution in [0.25, 0.3) is 0 Å². The number of furan rings is 1. The molecule has 0 fully saturated rings. The molecular weight excluding hydrogens is 343 g/mol. The summed E-state index contributed by atoms with van der Waals surface area (Å²) in [5, 5.41) is 0.427. The van der Waals surface area contributed by atoms with Gasteiger partial charge < -0.3 is 13.9 Å². The van der Waals surface area contributed by atoms with E-state index in [-0.39, 0.29) is 34.3 Å². The first-order chi connectivity index (χ1) is 10.9. The molecule has 0 amide bonds. The Morgan fingerprint density at radius 1 is 1.26 bits per heavy atom. The quantitative estimate of drug-likeness (QED) is 0.561. The van der Waals surface area contributed by atoms with Crippen molar-refractivity contribution < 1.29 is 23.5 Å². The third kappa shape index (κ3) is 4.50. The summed E-state index contributed by atoms with van der Waals surface area (Å²) in [6.07, 6.45) is 0.405. The number of carbonyl (C=O) groups is 2. The molecule has 1 aromatic heterocycles. The van der Waals surface area contributed by atoms with E-state index < -0.39 is 5.97 Å². The van der Waals surface area contributed by atoms with Crippen LogP contribution in [0.4, 0.5) is 0 Å². The molecule has 7 heteroatoms. The molecule has 0 unspecified atom stereocenters. The second kappa shape index (κ2) is 7.53. The van der Waals surface area contributed by atoms with Crippen molar-refractivity contribution in [2.45, 2.75) is 26.6 Å². The Balaban J connectivity index is 2.06. The minimum absolute atomic E-state index is 0.0227. The molecule has 23 heavy (non-hydrogen) atoms. The Morgan fingerprint density at radius 2 is 1.91 bits per heavy atom. The van der Waals surface area contributed by atoms with Gasteiger partial charge in [-0.3, -0.25) is 4.79 Å². The average molecular weight is 357 g/mol. The number of hydrogen-bond donors (Lipinski definition) is 0. The van der Waals surface area contributed by atoms with Crippen LogP contribution < -0.4 is 4.74 Å². The van der Waals surface area contributed by atoms with Crippen molar-refractivity contribution in [3.63, 3.8) is 0 Å². The maximum atomic E-state index is 11.7. The number of aldehydes is 1. The third-order valence-corrected chi connectivity index (χ3v) is 3.28. The van der Waals surface area contributed by atoms with Gasteiger partial charge in [-0.05, 0) is 38.1 Å². The van der Waals surface area contributed by atoms with Crippen LogP contribution in [0.2, 0.25) is 10.0 Å². The maximum Gasteiger partial charge on any atom is 0.374 e. The first kappa shape index (κ1) is 17.4. The van der Waals surface area contributed by atoms with E-state index in [0.717, 1.165) is 0 Å². The standard InChI is InChI=1S/C16H14Cl2O5/c1-9(2)22-16(20)14-4-3-11(23-14)8-21-15-12(17)5-10(7-19)6-13(15)18/h3-7,9H,8H2,1-2H3. The van der Waals surface area contributed by atoms with Crippen LogP contribution in [0, 0.1) is 0 Å². The van der Waals surface area contributed by atoms with Gasteiger partial charge in [0.15, 0.2) is 5.75 Å². The van der Waals surface area contributed by atoms with E-state index in [1.807, 2.05) is 0 Å². The fourth-order valence-electron chi connectivity index (χ4n) is 1.77. The van der Waals surface area contributed by atoms with Gasteiger partial charge in [-0.15, -0.1) is 0 Å². The molecule has 0 aliphatic rings. The van der Waals surface area contributed by atoms with Crippen molar-refractivity contribution in [3.8, 4) is 5.75 Å². The zero-order valence-corrected chi connectivity index (χ0v) is 14.0. The summed E-state index contributed by atoms with van der Waals surface area (Å²) in [6, 6.07) is 5.99. The van der Waals surface area contributed by atoms with Crippen molar-refractivity contribution in [1.29, 1.82) is 0 Å². The van der Waals surface area contributed by atoms with Gasteiger partial charge in [0.05, 0.1) is 16.1 Å². The molecule has 2 aromatic rings. The lowest BCUT2D eigenvalue weighted by molar-refractivity contribution is 0.0337. The summed E-state index contributed by atoms with van der Waals surface area (Å²) in [6.45, 7) is 3.52. The lowest BCUT2D eigenvalue weighted by Crippen LogP contribution is -2.10. The van der Waals surface area contributed by atoms with Gasteiger partial charge in [-0.1, -0.05) is 23.2 Å². The molecule has 0 radical (unpaired) electrons. The van der Waals surface area contributed by atoms with E-state index >= 15 is 0 Å². The molecule has 0 saturated heterocycles. The molecule has 0 saturated carbocycles. The fraction of sp³-hybridized carbons (Fsp3) is 0.250. The first-order valence-electron chi connectivity index (χ1n) is 6.77. The monoisotopic (exact) mass is 356 g/mol. The molecule has 122 valence electrons. The first-order valence-corrected chi connectivity index (χ1v) is 7.53. The Hall–Kier alpha value is -1.98. The predicted octanol–water partition coefficient (Wildman–Crippen LogP) is 4.54. The number of halogens is 2. The zero-order chi connectivity index (χ0) is 17.0. The van der Waals surface area contributed by atoms with Gasteiger partial charge in [0, 0.05) is 5.56 Å². The van der Waals surface area contributed by atoms with Crippen LogP contribution in [0.15, 0.2) is 28.7 Å². The molecule has 0 bridgehead atoms. The number of carbonyl (C=O) groups excluding carboxylic acids is 2. The van der Waals surface area contributed by atoms with Crippen molar-refractivity contribution in [2.24, 2.45) is 0 Å². The SMILES string of the molecule is CC(C)OC(=O)c1ccc(COc2c(Cl)cc(C=O)cc2Cl)o1. The average Bonchev–Trinajstić information content (AvgIpc) is 2.94. The smallest absolute Gasteiger partial charge is 0.374 e. The highest BCUT2D eigenvalue weighted by atomic mass is 35.5. The maximum absolute atomic E-state index is 11.7. The second-order valence-corrected chi connectivity index (χ2v) is 5.75. The molecule has 2 rings (SSSR count). The summed E-state index contributed by atoms with van der Waals surface area (Å²) >= 11 is 12.0. The Labute approximate surface area is 143 Å². The minimum Gasteiger partial charge on any atom is -0.483 e. The van der Waals surface area contributed by atoms with E-state index in [1.54, 1.807) is 19.9 Å². The van der Waals surface area contributed by atoms with Gasteiger partial charge in [0.1, 0.15) is 18.7 Å². The lowest BCUT2D eigenvalue weighted by Gasteiger charge is -2.09. The van der Waals surface area contributed by atoms with Gasteiger partial charge in [0.25, 0.3) is 0 Å². The number of rotatable bonds is 6. The normalized spacial score (nSPS) is 10.7. The van der Waals surface area contributed by atoms with Gasteiger partial charge >= 0.3 is 5.97 Å². The van der Waals surface area contributed by atoms with Crippen LogP contribution in [0.3, 0.4) is 0 Å². The number of ether oxygens (including phenoxy) is 2. The molecule has 0 N–H and O–H groups in total. The van der Waals surface area contributed by atoms with E-state index in [1.165, 1.54) is 18.2 Å². The second-order valence-electron chi connectivity index (χ2n) is 4.94. The summed E-state index contributed by atoms with van der Waals surface area (Å²) in [5.74, 6) is 0.192. The molecule has 0 aliphatic carbocycles. The van der Waals surface area contributed by atoms with Crippen molar-refractivity contribution in [2.75, 3.05) is 0 Å². The Kier molecular flexibility index (Phi) is 5.69. The van der Waals surface area contributed by atoms with Gasteiger partial charge in [-0.2, -0.15) is 0 Å². The molecule has 1 heterocycles. The molecule has 5 nitrogen and oxygen atoms in total. The largest absolute Gasteiger partial charge is 0.483 e. The minimum atomic E-state index is -0.544. The highest BCUT2D eigenvalue weighted by Crippen LogP contribution is 2.34. The molecule has 0 atom stereocenters. The van der Waals surface area contributed by atoms with E-state index in [0.29, 0.717) is 17.6 Å². The Bertz CT molecular complexity index is 698. The highest BCUT2D eigenvalue weighted by Gasteiger charge is 2.15. The van der Waals surface area contributed by atoms with Gasteiger partial charge in [-0.25, -0.2) is 4.79 Å². The van der Waals surface area contributed by atoms with E-state index in [2.05, 4.69) is 0 Å². The number of esters is 1. The van der Waals surface area contributed by atoms with Crippen LogP contribution in [0.5, 0.6) is 5.75 Å². The van der Waals surface area contributed by atoms with Crippen LogP contribution >= 0.6 is 23.2 Å². The van der Waals surface area contributed by atoms with E-state index in [4.69, 9.17) is 37.1 Å². The summed E-state index contributed by atoms with van der Waals surface area (Å²) in [4.78, 5) is 22.4. The van der Waals surface area contributed by atoms with Crippen LogP contribution in [0.1, 0.15) is 40.5 Å². The molecular formula is C16H14Cl2O5. The van der Waals surface area contributed by atoms with Crippen LogP contribution in [-0.4, -0.2) is 18.4 Å². The van der Waals surface area contributed by atoms with E-state index in [9.17, 15) is 9.59 Å². The molecule has 0 aliphatic heterocycles.